The topological polar surface area (TPSA) is 37.8 Å². The molecule has 0 aliphatic heterocycles. The number of nitrogens with zero attached hydrogens (tertiary/aromatic N) is 2. The van der Waals surface area contributed by atoms with Crippen molar-refractivity contribution < 1.29 is 0 Å². The number of hydrogen-bond acceptors (Lipinski definition) is 4. The molecule has 0 unspecified atom stereocenters. The first kappa shape index (κ1) is 12.7. The Morgan fingerprint density at radius 3 is 2.88 bits per heavy atom. The second-order valence-electron chi connectivity index (χ2n) is 4.04. The zero-order chi connectivity index (χ0) is 12.3. The number of rotatable bonds is 4. The van der Waals surface area contributed by atoms with Gasteiger partial charge in [0.05, 0.1) is 11.4 Å². The second-order valence-corrected chi connectivity index (χ2v) is 5.82. The van der Waals surface area contributed by atoms with Crippen LogP contribution in [0.4, 0.5) is 0 Å². The molecule has 2 aromatic rings. The fraction of sp³-hybridized carbons (Fsp3) is 0.333. The number of halogens is 1. The summed E-state index contributed by atoms with van der Waals surface area (Å²) in [5.74, 6) is 0. The first-order valence-electron chi connectivity index (χ1n) is 5.45. The Morgan fingerprint density at radius 1 is 1.41 bits per heavy atom. The van der Waals surface area contributed by atoms with Gasteiger partial charge in [0.2, 0.25) is 0 Å². The molecule has 2 aromatic heterocycles. The smallest absolute Gasteiger partial charge is 0.142 e. The number of aromatic nitrogens is 2. The van der Waals surface area contributed by atoms with E-state index in [-0.39, 0.29) is 0 Å². The Balaban J connectivity index is 2.10. The van der Waals surface area contributed by atoms with Gasteiger partial charge in [0.1, 0.15) is 5.01 Å². The van der Waals surface area contributed by atoms with E-state index in [1.165, 1.54) is 0 Å². The minimum absolute atomic E-state index is 0.478. The summed E-state index contributed by atoms with van der Waals surface area (Å²) >= 11 is 5.01. The lowest BCUT2D eigenvalue weighted by Gasteiger charge is -2.04. The summed E-state index contributed by atoms with van der Waals surface area (Å²) in [6.45, 7) is 5.07. The summed E-state index contributed by atoms with van der Waals surface area (Å²) in [5, 5.41) is 6.40. The van der Waals surface area contributed by atoms with Crippen LogP contribution in [-0.2, 0) is 6.54 Å². The van der Waals surface area contributed by atoms with Crippen LogP contribution in [0.2, 0.25) is 0 Å². The van der Waals surface area contributed by atoms with E-state index >= 15 is 0 Å². The Kier molecular flexibility index (Phi) is 4.25. The minimum Gasteiger partial charge on any atom is -0.309 e. The number of hydrogen-bond donors (Lipinski definition) is 1. The molecule has 0 aliphatic rings. The Bertz CT molecular complexity index is 479. The highest BCUT2D eigenvalue weighted by molar-refractivity contribution is 9.10. The summed E-state index contributed by atoms with van der Waals surface area (Å²) in [7, 11) is 0. The van der Waals surface area contributed by atoms with Crippen molar-refractivity contribution in [2.75, 3.05) is 0 Å². The van der Waals surface area contributed by atoms with Crippen molar-refractivity contribution in [3.8, 4) is 10.7 Å². The molecule has 0 atom stereocenters. The molecular weight excluding hydrogens is 298 g/mol. The van der Waals surface area contributed by atoms with Crippen molar-refractivity contribution in [3.63, 3.8) is 0 Å². The molecule has 0 fully saturated rings. The van der Waals surface area contributed by atoms with Gasteiger partial charge in [0.15, 0.2) is 0 Å². The molecule has 3 nitrogen and oxygen atoms in total. The van der Waals surface area contributed by atoms with Crippen LogP contribution in [-0.4, -0.2) is 16.0 Å². The highest BCUT2D eigenvalue weighted by Gasteiger charge is 2.06. The van der Waals surface area contributed by atoms with Gasteiger partial charge < -0.3 is 5.32 Å². The van der Waals surface area contributed by atoms with E-state index < -0.39 is 0 Å². The van der Waals surface area contributed by atoms with Gasteiger partial charge in [-0.1, -0.05) is 13.8 Å². The van der Waals surface area contributed by atoms with Crippen molar-refractivity contribution in [1.29, 1.82) is 0 Å². The maximum absolute atomic E-state index is 4.56. The molecule has 90 valence electrons. The monoisotopic (exact) mass is 311 g/mol. The van der Waals surface area contributed by atoms with Gasteiger partial charge in [-0.25, -0.2) is 4.98 Å². The molecule has 0 aromatic carbocycles. The summed E-state index contributed by atoms with van der Waals surface area (Å²) in [6, 6.07) is 4.43. The van der Waals surface area contributed by atoms with Crippen molar-refractivity contribution >= 4 is 27.3 Å². The van der Waals surface area contributed by atoms with Crippen LogP contribution in [0.15, 0.2) is 28.2 Å². The van der Waals surface area contributed by atoms with Crippen LogP contribution in [0.3, 0.4) is 0 Å². The average molecular weight is 312 g/mol. The van der Waals surface area contributed by atoms with Crippen molar-refractivity contribution in [1.82, 2.24) is 15.3 Å². The number of pyridine rings is 1. The standard InChI is InChI=1S/C12H14BrN3S/c1-8(2)14-6-10-7-17-12(16-10)11-4-3-9(13)5-15-11/h3-5,7-8,14H,6H2,1-2H3. The molecule has 0 saturated heterocycles. The predicted molar refractivity (Wildman–Crippen MR) is 75.0 cm³/mol. The van der Waals surface area contributed by atoms with Crippen LogP contribution in [0, 0.1) is 0 Å². The normalized spacial score (nSPS) is 11.1. The molecule has 5 heteroatoms. The lowest BCUT2D eigenvalue weighted by Crippen LogP contribution is -2.21. The van der Waals surface area contributed by atoms with Gasteiger partial charge in [-0.3, -0.25) is 4.98 Å². The first-order valence-corrected chi connectivity index (χ1v) is 7.12. The molecular formula is C12H14BrN3S. The molecule has 0 saturated carbocycles. The molecule has 0 bridgehead atoms. The maximum Gasteiger partial charge on any atom is 0.142 e. The van der Waals surface area contributed by atoms with Crippen molar-refractivity contribution in [2.45, 2.75) is 26.4 Å². The van der Waals surface area contributed by atoms with Gasteiger partial charge in [0.25, 0.3) is 0 Å². The van der Waals surface area contributed by atoms with E-state index in [2.05, 4.69) is 50.4 Å². The second kappa shape index (κ2) is 5.71. The summed E-state index contributed by atoms with van der Waals surface area (Å²) in [6.07, 6.45) is 1.79. The third-order valence-corrected chi connectivity index (χ3v) is 3.57. The van der Waals surface area contributed by atoms with Gasteiger partial charge in [-0.05, 0) is 28.1 Å². The fourth-order valence-corrected chi connectivity index (χ4v) is 2.35. The molecule has 2 heterocycles. The van der Waals surface area contributed by atoms with Crippen molar-refractivity contribution in [2.24, 2.45) is 0 Å². The fourth-order valence-electron chi connectivity index (χ4n) is 1.32. The highest BCUT2D eigenvalue weighted by Crippen LogP contribution is 2.22. The SMILES string of the molecule is CC(C)NCc1csc(-c2ccc(Br)cn2)n1. The van der Waals surface area contributed by atoms with Gasteiger partial charge >= 0.3 is 0 Å². The van der Waals surface area contributed by atoms with Crippen LogP contribution in [0.5, 0.6) is 0 Å². The molecule has 2 rings (SSSR count). The molecule has 0 radical (unpaired) electrons. The molecule has 1 N–H and O–H groups in total. The maximum atomic E-state index is 4.56. The molecule has 0 amide bonds. The molecule has 0 spiro atoms. The Hall–Kier alpha value is -0.780. The number of nitrogens with one attached hydrogen (secondary N) is 1. The minimum atomic E-state index is 0.478. The van der Waals surface area contributed by atoms with E-state index in [0.29, 0.717) is 6.04 Å². The van der Waals surface area contributed by atoms with Crippen LogP contribution < -0.4 is 5.32 Å². The predicted octanol–water partition coefficient (Wildman–Crippen LogP) is 3.47. The zero-order valence-electron chi connectivity index (χ0n) is 9.77. The van der Waals surface area contributed by atoms with Crippen LogP contribution >= 0.6 is 27.3 Å². The lowest BCUT2D eigenvalue weighted by molar-refractivity contribution is 0.583. The van der Waals surface area contributed by atoms with Gasteiger partial charge in [-0.15, -0.1) is 11.3 Å². The lowest BCUT2D eigenvalue weighted by atomic mass is 10.3. The third-order valence-electron chi connectivity index (χ3n) is 2.19. The van der Waals surface area contributed by atoms with E-state index in [1.807, 2.05) is 12.1 Å². The van der Waals surface area contributed by atoms with Gasteiger partial charge in [0, 0.05) is 28.6 Å². The van der Waals surface area contributed by atoms with Gasteiger partial charge in [-0.2, -0.15) is 0 Å². The molecule has 17 heavy (non-hydrogen) atoms. The van der Waals surface area contributed by atoms with Crippen LogP contribution in [0.25, 0.3) is 10.7 Å². The summed E-state index contributed by atoms with van der Waals surface area (Å²) < 4.78 is 0.986. The highest BCUT2D eigenvalue weighted by atomic mass is 79.9. The quantitative estimate of drug-likeness (QED) is 0.939. The Labute approximate surface area is 113 Å². The average Bonchev–Trinajstić information content (AvgIpc) is 2.76. The van der Waals surface area contributed by atoms with E-state index in [4.69, 9.17) is 0 Å². The largest absolute Gasteiger partial charge is 0.309 e. The number of thiazole rings is 1. The third kappa shape index (κ3) is 3.59. The molecule has 0 aliphatic carbocycles. The van der Waals surface area contributed by atoms with E-state index in [9.17, 15) is 0 Å². The summed E-state index contributed by atoms with van der Waals surface area (Å²) in [4.78, 5) is 8.90. The summed E-state index contributed by atoms with van der Waals surface area (Å²) in [5.41, 5.74) is 2.00. The zero-order valence-corrected chi connectivity index (χ0v) is 12.2. The Morgan fingerprint density at radius 2 is 2.24 bits per heavy atom. The first-order chi connectivity index (χ1) is 8.15. The van der Waals surface area contributed by atoms with Crippen LogP contribution in [0.1, 0.15) is 19.5 Å². The van der Waals surface area contributed by atoms with Crippen molar-refractivity contribution in [3.05, 3.63) is 33.9 Å². The van der Waals surface area contributed by atoms with E-state index in [1.54, 1.807) is 17.5 Å². The van der Waals surface area contributed by atoms with E-state index in [0.717, 1.165) is 27.4 Å².